The van der Waals surface area contributed by atoms with Gasteiger partial charge in [0.25, 0.3) is 0 Å². The lowest BCUT2D eigenvalue weighted by Gasteiger charge is -2.13. The highest BCUT2D eigenvalue weighted by Crippen LogP contribution is 2.35. The second-order valence-corrected chi connectivity index (χ2v) is 6.82. The molecule has 0 bridgehead atoms. The molecule has 0 aliphatic carbocycles. The van der Waals surface area contributed by atoms with Crippen LogP contribution in [0.25, 0.3) is 22.3 Å². The SMILES string of the molecule is COc1cc(OC)c2c(=O)cc(-c3ccc(OCc4ccccc4)c(OC)c3)oc2c1. The number of fused-ring (bicyclic) bond motifs is 1. The highest BCUT2D eigenvalue weighted by molar-refractivity contribution is 5.86. The van der Waals surface area contributed by atoms with Gasteiger partial charge in [0.15, 0.2) is 16.9 Å². The van der Waals surface area contributed by atoms with Gasteiger partial charge in [-0.1, -0.05) is 30.3 Å². The average molecular weight is 418 g/mol. The lowest BCUT2D eigenvalue weighted by atomic mass is 10.1. The van der Waals surface area contributed by atoms with Crippen LogP contribution in [0.2, 0.25) is 0 Å². The molecule has 1 aromatic heterocycles. The molecule has 4 rings (SSSR count). The standard InChI is InChI=1S/C25H22O6/c1-27-18-12-23(29-3)25-19(26)14-21(31-24(25)13-18)17-9-10-20(22(11-17)28-2)30-15-16-7-5-4-6-8-16/h4-14H,15H2,1-3H3. The molecule has 0 saturated carbocycles. The van der Waals surface area contributed by atoms with E-state index in [2.05, 4.69) is 0 Å². The molecule has 158 valence electrons. The van der Waals surface area contributed by atoms with Crippen LogP contribution in [-0.2, 0) is 6.61 Å². The van der Waals surface area contributed by atoms with E-state index in [1.165, 1.54) is 13.2 Å². The van der Waals surface area contributed by atoms with E-state index in [1.807, 2.05) is 36.4 Å². The number of hydrogen-bond acceptors (Lipinski definition) is 6. The van der Waals surface area contributed by atoms with Crippen molar-refractivity contribution in [3.8, 4) is 34.3 Å². The molecular weight excluding hydrogens is 396 g/mol. The summed E-state index contributed by atoms with van der Waals surface area (Å²) < 4.78 is 28.1. The van der Waals surface area contributed by atoms with Crippen molar-refractivity contribution < 1.29 is 23.4 Å². The molecule has 0 saturated heterocycles. The number of hydrogen-bond donors (Lipinski definition) is 0. The first kappa shape index (κ1) is 20.3. The summed E-state index contributed by atoms with van der Waals surface area (Å²) in [6, 6.07) is 20.0. The Morgan fingerprint density at radius 1 is 0.774 bits per heavy atom. The minimum atomic E-state index is -0.209. The molecule has 0 amide bonds. The monoisotopic (exact) mass is 418 g/mol. The van der Waals surface area contributed by atoms with E-state index in [-0.39, 0.29) is 5.43 Å². The van der Waals surface area contributed by atoms with Gasteiger partial charge in [0, 0.05) is 23.8 Å². The molecule has 6 nitrogen and oxygen atoms in total. The Morgan fingerprint density at radius 2 is 1.55 bits per heavy atom. The zero-order chi connectivity index (χ0) is 21.8. The minimum Gasteiger partial charge on any atom is -0.496 e. The van der Waals surface area contributed by atoms with Crippen LogP contribution in [0.4, 0.5) is 0 Å². The Kier molecular flexibility index (Phi) is 5.80. The van der Waals surface area contributed by atoms with Crippen molar-refractivity contribution in [3.63, 3.8) is 0 Å². The first-order valence-electron chi connectivity index (χ1n) is 9.68. The third-order valence-electron chi connectivity index (χ3n) is 4.91. The van der Waals surface area contributed by atoms with Gasteiger partial charge in [-0.2, -0.15) is 0 Å². The normalized spacial score (nSPS) is 10.7. The van der Waals surface area contributed by atoms with E-state index < -0.39 is 0 Å². The first-order valence-corrected chi connectivity index (χ1v) is 9.68. The second-order valence-electron chi connectivity index (χ2n) is 6.82. The molecule has 3 aromatic carbocycles. The fourth-order valence-electron chi connectivity index (χ4n) is 3.32. The van der Waals surface area contributed by atoms with Crippen LogP contribution >= 0.6 is 0 Å². The van der Waals surface area contributed by atoms with E-state index in [9.17, 15) is 4.79 Å². The molecular formula is C25H22O6. The van der Waals surface area contributed by atoms with Gasteiger partial charge in [0.1, 0.15) is 34.8 Å². The third kappa shape index (κ3) is 4.19. The van der Waals surface area contributed by atoms with Crippen molar-refractivity contribution in [1.29, 1.82) is 0 Å². The maximum Gasteiger partial charge on any atom is 0.197 e. The maximum absolute atomic E-state index is 12.8. The van der Waals surface area contributed by atoms with Gasteiger partial charge >= 0.3 is 0 Å². The molecule has 0 N–H and O–H groups in total. The summed E-state index contributed by atoms with van der Waals surface area (Å²) in [4.78, 5) is 12.8. The van der Waals surface area contributed by atoms with Gasteiger partial charge in [-0.3, -0.25) is 4.79 Å². The summed E-state index contributed by atoms with van der Waals surface area (Å²) in [7, 11) is 4.61. The average Bonchev–Trinajstić information content (AvgIpc) is 2.82. The summed E-state index contributed by atoms with van der Waals surface area (Å²) in [5.41, 5.74) is 1.91. The van der Waals surface area contributed by atoms with Crippen LogP contribution in [0, 0.1) is 0 Å². The van der Waals surface area contributed by atoms with Crippen molar-refractivity contribution in [3.05, 3.63) is 82.5 Å². The van der Waals surface area contributed by atoms with Gasteiger partial charge in [-0.05, 0) is 23.8 Å². The van der Waals surface area contributed by atoms with Gasteiger partial charge in [0.05, 0.1) is 21.3 Å². The van der Waals surface area contributed by atoms with Crippen LogP contribution < -0.4 is 24.4 Å². The Hall–Kier alpha value is -3.93. The van der Waals surface area contributed by atoms with Crippen molar-refractivity contribution >= 4 is 11.0 Å². The first-order chi connectivity index (χ1) is 15.1. The van der Waals surface area contributed by atoms with Gasteiger partial charge in [-0.15, -0.1) is 0 Å². The number of methoxy groups -OCH3 is 3. The van der Waals surface area contributed by atoms with Crippen LogP contribution in [0.1, 0.15) is 5.56 Å². The topological polar surface area (TPSA) is 67.1 Å². The Labute approximate surface area is 179 Å². The summed E-state index contributed by atoms with van der Waals surface area (Å²) in [5, 5.41) is 0.363. The molecule has 1 heterocycles. The van der Waals surface area contributed by atoms with Crippen LogP contribution in [0.3, 0.4) is 0 Å². The zero-order valence-electron chi connectivity index (χ0n) is 17.5. The van der Waals surface area contributed by atoms with Gasteiger partial charge in [0.2, 0.25) is 0 Å². The molecule has 0 radical (unpaired) electrons. The van der Waals surface area contributed by atoms with Crippen LogP contribution in [0.5, 0.6) is 23.0 Å². The quantitative estimate of drug-likeness (QED) is 0.418. The molecule has 0 atom stereocenters. The summed E-state index contributed by atoms with van der Waals surface area (Å²) in [6.45, 7) is 0.418. The molecule has 4 aromatic rings. The van der Waals surface area contributed by atoms with E-state index in [1.54, 1.807) is 38.5 Å². The minimum absolute atomic E-state index is 0.209. The van der Waals surface area contributed by atoms with E-state index >= 15 is 0 Å². The Balaban J connectivity index is 1.71. The molecule has 0 spiro atoms. The van der Waals surface area contributed by atoms with E-state index in [0.29, 0.717) is 51.9 Å². The lowest BCUT2D eigenvalue weighted by Crippen LogP contribution is -2.03. The van der Waals surface area contributed by atoms with E-state index in [4.69, 9.17) is 23.4 Å². The molecule has 31 heavy (non-hydrogen) atoms. The van der Waals surface area contributed by atoms with Gasteiger partial charge in [-0.25, -0.2) is 0 Å². The summed E-state index contributed by atoms with van der Waals surface area (Å²) in [5.74, 6) is 2.48. The Morgan fingerprint density at radius 3 is 2.26 bits per heavy atom. The van der Waals surface area contributed by atoms with Crippen molar-refractivity contribution in [2.45, 2.75) is 6.61 Å². The largest absolute Gasteiger partial charge is 0.496 e. The molecule has 0 aliphatic heterocycles. The predicted octanol–water partition coefficient (Wildman–Crippen LogP) is 5.06. The molecule has 0 unspecified atom stereocenters. The fraction of sp³-hybridized carbons (Fsp3) is 0.160. The smallest absolute Gasteiger partial charge is 0.197 e. The highest BCUT2D eigenvalue weighted by atomic mass is 16.5. The maximum atomic E-state index is 12.8. The summed E-state index contributed by atoms with van der Waals surface area (Å²) >= 11 is 0. The van der Waals surface area contributed by atoms with Crippen molar-refractivity contribution in [1.82, 2.24) is 0 Å². The van der Waals surface area contributed by atoms with Crippen LogP contribution in [-0.4, -0.2) is 21.3 Å². The Bertz CT molecular complexity index is 1260. The fourth-order valence-corrected chi connectivity index (χ4v) is 3.32. The van der Waals surface area contributed by atoms with E-state index in [0.717, 1.165) is 5.56 Å². The lowest BCUT2D eigenvalue weighted by molar-refractivity contribution is 0.284. The zero-order valence-corrected chi connectivity index (χ0v) is 17.5. The number of benzene rings is 3. The van der Waals surface area contributed by atoms with Crippen molar-refractivity contribution in [2.75, 3.05) is 21.3 Å². The second kappa shape index (κ2) is 8.83. The summed E-state index contributed by atoms with van der Waals surface area (Å²) in [6.07, 6.45) is 0. The molecule has 0 fully saturated rings. The molecule has 0 aliphatic rings. The third-order valence-corrected chi connectivity index (χ3v) is 4.91. The van der Waals surface area contributed by atoms with Crippen LogP contribution in [0.15, 0.2) is 75.9 Å². The number of ether oxygens (including phenoxy) is 4. The predicted molar refractivity (Wildman–Crippen MR) is 118 cm³/mol. The van der Waals surface area contributed by atoms with Crippen molar-refractivity contribution in [2.24, 2.45) is 0 Å². The van der Waals surface area contributed by atoms with Gasteiger partial charge < -0.3 is 23.4 Å². The number of rotatable bonds is 7. The molecule has 6 heteroatoms. The highest BCUT2D eigenvalue weighted by Gasteiger charge is 2.15.